The molecule has 0 bridgehead atoms. The molecular weight excluding hydrogens is 251 g/mol. The molecule has 0 aliphatic heterocycles. The summed E-state index contributed by atoms with van der Waals surface area (Å²) in [5.41, 5.74) is 2.33. The van der Waals surface area contributed by atoms with Gasteiger partial charge < -0.3 is 10.1 Å². The minimum atomic E-state index is -0.320. The Labute approximate surface area is 110 Å². The fourth-order valence-corrected chi connectivity index (χ4v) is 2.56. The third kappa shape index (κ3) is 2.52. The molecule has 0 amide bonds. The molecule has 5 heteroatoms. The topological polar surface area (TPSA) is 34.2 Å². The van der Waals surface area contributed by atoms with Crippen LogP contribution in [0.5, 0.6) is 5.75 Å². The van der Waals surface area contributed by atoms with Crippen LogP contribution in [0.15, 0.2) is 29.9 Å². The lowest BCUT2D eigenvalue weighted by Gasteiger charge is -2.18. The molecule has 18 heavy (non-hydrogen) atoms. The maximum absolute atomic E-state index is 14.3. The van der Waals surface area contributed by atoms with Gasteiger partial charge in [0.2, 0.25) is 0 Å². The summed E-state index contributed by atoms with van der Waals surface area (Å²) in [4.78, 5) is 5.04. The van der Waals surface area contributed by atoms with Crippen molar-refractivity contribution in [2.24, 2.45) is 0 Å². The zero-order chi connectivity index (χ0) is 13.0. The fourth-order valence-electron chi connectivity index (χ4n) is 1.84. The van der Waals surface area contributed by atoms with E-state index in [9.17, 15) is 4.39 Å². The second-order valence-corrected chi connectivity index (χ2v) is 4.68. The second kappa shape index (κ2) is 5.93. The van der Waals surface area contributed by atoms with E-state index in [1.54, 1.807) is 29.9 Å². The standard InChI is InChI=1S/C13H15FN2OS/c1-3-16-13(11-7-15-8-18-11)9-5-4-6-10(17-2)12(9)14/h4-8,13,16H,3H2,1-2H3. The molecule has 0 saturated carbocycles. The van der Waals surface area contributed by atoms with Crippen LogP contribution >= 0.6 is 11.3 Å². The number of nitrogens with one attached hydrogen (secondary N) is 1. The fraction of sp³-hybridized carbons (Fsp3) is 0.308. The number of ether oxygens (including phenoxy) is 1. The molecule has 0 aliphatic rings. The smallest absolute Gasteiger partial charge is 0.170 e. The third-order valence-electron chi connectivity index (χ3n) is 2.67. The van der Waals surface area contributed by atoms with Gasteiger partial charge in [0, 0.05) is 16.6 Å². The van der Waals surface area contributed by atoms with Crippen molar-refractivity contribution < 1.29 is 9.13 Å². The third-order valence-corrected chi connectivity index (χ3v) is 3.51. The quantitative estimate of drug-likeness (QED) is 0.903. The van der Waals surface area contributed by atoms with Crippen molar-refractivity contribution in [2.75, 3.05) is 13.7 Å². The van der Waals surface area contributed by atoms with Crippen molar-refractivity contribution in [3.05, 3.63) is 46.2 Å². The number of methoxy groups -OCH3 is 1. The Morgan fingerprint density at radius 2 is 2.33 bits per heavy atom. The van der Waals surface area contributed by atoms with Crippen LogP contribution in [-0.2, 0) is 0 Å². The molecule has 1 aromatic carbocycles. The molecule has 3 nitrogen and oxygen atoms in total. The zero-order valence-electron chi connectivity index (χ0n) is 10.3. The summed E-state index contributed by atoms with van der Waals surface area (Å²) in [6, 6.07) is 5.00. The molecule has 1 N–H and O–H groups in total. The number of benzene rings is 1. The molecule has 0 fully saturated rings. The average Bonchev–Trinajstić information content (AvgIpc) is 2.90. The summed E-state index contributed by atoms with van der Waals surface area (Å²) in [5.74, 6) is -0.0562. The highest BCUT2D eigenvalue weighted by molar-refractivity contribution is 7.09. The summed E-state index contributed by atoms with van der Waals surface area (Å²) < 4.78 is 19.3. The maximum atomic E-state index is 14.3. The van der Waals surface area contributed by atoms with Gasteiger partial charge in [-0.2, -0.15) is 0 Å². The lowest BCUT2D eigenvalue weighted by Crippen LogP contribution is -2.22. The number of nitrogens with zero attached hydrogens (tertiary/aromatic N) is 1. The summed E-state index contributed by atoms with van der Waals surface area (Å²) >= 11 is 1.51. The van der Waals surface area contributed by atoms with Gasteiger partial charge in [0.1, 0.15) is 0 Å². The van der Waals surface area contributed by atoms with Crippen LogP contribution in [0.1, 0.15) is 23.4 Å². The van der Waals surface area contributed by atoms with Gasteiger partial charge in [-0.15, -0.1) is 11.3 Å². The average molecular weight is 266 g/mol. The lowest BCUT2D eigenvalue weighted by molar-refractivity contribution is 0.382. The first-order valence-electron chi connectivity index (χ1n) is 5.72. The zero-order valence-corrected chi connectivity index (χ0v) is 11.1. The van der Waals surface area contributed by atoms with Crippen molar-refractivity contribution in [1.29, 1.82) is 0 Å². The lowest BCUT2D eigenvalue weighted by atomic mass is 10.0. The molecule has 0 saturated heterocycles. The van der Waals surface area contributed by atoms with E-state index in [4.69, 9.17) is 4.74 Å². The monoisotopic (exact) mass is 266 g/mol. The van der Waals surface area contributed by atoms with Gasteiger partial charge in [0.05, 0.1) is 18.7 Å². The van der Waals surface area contributed by atoms with Crippen molar-refractivity contribution >= 4 is 11.3 Å². The Morgan fingerprint density at radius 3 is 2.94 bits per heavy atom. The minimum Gasteiger partial charge on any atom is -0.494 e. The first kappa shape index (κ1) is 13.0. The second-order valence-electron chi connectivity index (χ2n) is 3.76. The van der Waals surface area contributed by atoms with Crippen molar-refractivity contribution in [1.82, 2.24) is 10.3 Å². The molecule has 96 valence electrons. The predicted octanol–water partition coefficient (Wildman–Crippen LogP) is 2.99. The number of hydrogen-bond acceptors (Lipinski definition) is 4. The molecule has 0 spiro atoms. The van der Waals surface area contributed by atoms with Crippen LogP contribution in [0.3, 0.4) is 0 Å². The number of aromatic nitrogens is 1. The molecular formula is C13H15FN2OS. The number of thiazole rings is 1. The summed E-state index contributed by atoms with van der Waals surface area (Å²) in [6.45, 7) is 2.74. The number of halogens is 1. The SMILES string of the molecule is CCNC(c1cncs1)c1cccc(OC)c1F. The van der Waals surface area contributed by atoms with E-state index in [0.717, 1.165) is 11.4 Å². The minimum absolute atomic E-state index is 0.183. The Bertz CT molecular complexity index is 502. The van der Waals surface area contributed by atoms with E-state index < -0.39 is 0 Å². The van der Waals surface area contributed by atoms with Gasteiger partial charge in [-0.1, -0.05) is 19.1 Å². The largest absolute Gasteiger partial charge is 0.494 e. The van der Waals surface area contributed by atoms with Crippen molar-refractivity contribution in [3.63, 3.8) is 0 Å². The maximum Gasteiger partial charge on any atom is 0.170 e. The van der Waals surface area contributed by atoms with E-state index in [-0.39, 0.29) is 17.6 Å². The highest BCUT2D eigenvalue weighted by Crippen LogP contribution is 2.30. The highest BCUT2D eigenvalue weighted by atomic mass is 32.1. The van der Waals surface area contributed by atoms with Gasteiger partial charge in [0.25, 0.3) is 0 Å². The van der Waals surface area contributed by atoms with E-state index in [0.29, 0.717) is 5.56 Å². The molecule has 2 rings (SSSR count). The Morgan fingerprint density at radius 1 is 1.50 bits per heavy atom. The van der Waals surface area contributed by atoms with Crippen LogP contribution in [0.4, 0.5) is 4.39 Å². The van der Waals surface area contributed by atoms with Gasteiger partial charge in [-0.3, -0.25) is 4.98 Å². The molecule has 2 aromatic rings. The van der Waals surface area contributed by atoms with Crippen LogP contribution in [0.2, 0.25) is 0 Å². The van der Waals surface area contributed by atoms with Crippen molar-refractivity contribution in [2.45, 2.75) is 13.0 Å². The summed E-state index contributed by atoms with van der Waals surface area (Å²) in [7, 11) is 1.47. The molecule has 0 aliphatic carbocycles. The number of hydrogen-bond donors (Lipinski definition) is 1. The van der Waals surface area contributed by atoms with Gasteiger partial charge in [-0.05, 0) is 12.6 Å². The molecule has 1 heterocycles. The van der Waals surface area contributed by atoms with Crippen LogP contribution < -0.4 is 10.1 Å². The predicted molar refractivity (Wildman–Crippen MR) is 70.6 cm³/mol. The summed E-state index contributed by atoms with van der Waals surface area (Å²) in [6.07, 6.45) is 1.76. The van der Waals surface area contributed by atoms with Crippen molar-refractivity contribution in [3.8, 4) is 5.75 Å². The summed E-state index contributed by atoms with van der Waals surface area (Å²) in [5, 5.41) is 3.27. The van der Waals surface area contributed by atoms with Crippen LogP contribution in [0, 0.1) is 5.82 Å². The Kier molecular flexibility index (Phi) is 4.28. The van der Waals surface area contributed by atoms with Gasteiger partial charge in [0.15, 0.2) is 11.6 Å². The van der Waals surface area contributed by atoms with Crippen LogP contribution in [0.25, 0.3) is 0 Å². The molecule has 1 atom stereocenters. The van der Waals surface area contributed by atoms with E-state index in [2.05, 4.69) is 10.3 Å². The van der Waals surface area contributed by atoms with E-state index in [1.807, 2.05) is 6.92 Å². The van der Waals surface area contributed by atoms with Gasteiger partial charge >= 0.3 is 0 Å². The van der Waals surface area contributed by atoms with E-state index >= 15 is 0 Å². The Hall–Kier alpha value is -1.46. The normalized spacial score (nSPS) is 12.4. The first-order valence-corrected chi connectivity index (χ1v) is 6.60. The van der Waals surface area contributed by atoms with Crippen LogP contribution in [-0.4, -0.2) is 18.6 Å². The molecule has 1 aromatic heterocycles. The van der Waals surface area contributed by atoms with Gasteiger partial charge in [-0.25, -0.2) is 4.39 Å². The highest BCUT2D eigenvalue weighted by Gasteiger charge is 2.20. The first-order chi connectivity index (χ1) is 8.77. The molecule has 0 radical (unpaired) electrons. The Balaban J connectivity index is 2.43. The van der Waals surface area contributed by atoms with E-state index in [1.165, 1.54) is 18.4 Å². The number of rotatable bonds is 5. The molecule has 1 unspecified atom stereocenters.